The quantitative estimate of drug-likeness (QED) is 0.198. The van der Waals surface area contributed by atoms with E-state index in [1.165, 1.54) is 24.3 Å². The Morgan fingerprint density at radius 1 is 1.00 bits per heavy atom. The van der Waals surface area contributed by atoms with Crippen molar-refractivity contribution in [1.29, 1.82) is 0 Å². The molecule has 0 fully saturated rings. The highest BCUT2D eigenvalue weighted by Crippen LogP contribution is 2.37. The van der Waals surface area contributed by atoms with Crippen molar-refractivity contribution < 1.29 is 14.3 Å². The van der Waals surface area contributed by atoms with Crippen molar-refractivity contribution in [2.45, 2.75) is 6.92 Å². The van der Waals surface area contributed by atoms with Crippen LogP contribution in [-0.4, -0.2) is 19.1 Å². The van der Waals surface area contributed by atoms with Crippen LogP contribution in [0.2, 0.25) is 10.0 Å². The van der Waals surface area contributed by atoms with Gasteiger partial charge >= 0.3 is 0 Å². The molecule has 10 heteroatoms. The lowest BCUT2D eigenvalue weighted by Crippen LogP contribution is -2.05. The molecule has 1 aromatic rings. The number of hydrogen-bond acceptors (Lipinski definition) is 4. The van der Waals surface area contributed by atoms with Gasteiger partial charge in [-0.25, -0.2) is 0 Å². The molecule has 0 aromatic heterocycles. The number of benzene rings is 1. The summed E-state index contributed by atoms with van der Waals surface area (Å²) in [6, 6.07) is 3.06. The minimum Gasteiger partial charge on any atom is -0.489 e. The first-order valence-electron chi connectivity index (χ1n) is 6.28. The Labute approximate surface area is 169 Å². The van der Waals surface area contributed by atoms with Crippen LogP contribution in [0.4, 0.5) is 0 Å². The fraction of sp³-hybridized carbons (Fsp3) is 0.214. The van der Waals surface area contributed by atoms with Crippen LogP contribution in [0.3, 0.4) is 0 Å². The standard InChI is InChI=1S/C14H11Cl6NO3/c1-8(21-23-5-3-13(19)20)24-14-10(15)6-9(7-11(14)16)22-4-2-12(17)18/h2-3,6-7H,4-5H2,1H3. The maximum Gasteiger partial charge on any atom is 0.228 e. The van der Waals surface area contributed by atoms with E-state index in [0.717, 1.165) is 0 Å². The minimum absolute atomic E-state index is 0.0794. The summed E-state index contributed by atoms with van der Waals surface area (Å²) in [6.07, 6.45) is 2.90. The van der Waals surface area contributed by atoms with Gasteiger partial charge in [0.15, 0.2) is 5.75 Å². The van der Waals surface area contributed by atoms with Crippen molar-refractivity contribution >= 4 is 75.5 Å². The highest BCUT2D eigenvalue weighted by atomic mass is 35.5. The SMILES string of the molecule is CC(=NOCC=C(Cl)Cl)Oc1c(Cl)cc(OCC=C(Cl)Cl)cc1Cl. The number of rotatable bonds is 7. The summed E-state index contributed by atoms with van der Waals surface area (Å²) in [5.74, 6) is 0.826. The molecule has 0 N–H and O–H groups in total. The summed E-state index contributed by atoms with van der Waals surface area (Å²) < 4.78 is 11.0. The first-order valence-corrected chi connectivity index (χ1v) is 8.55. The zero-order chi connectivity index (χ0) is 18.1. The van der Waals surface area contributed by atoms with Crippen molar-refractivity contribution in [2.24, 2.45) is 5.16 Å². The van der Waals surface area contributed by atoms with Crippen molar-refractivity contribution in [3.8, 4) is 11.5 Å². The van der Waals surface area contributed by atoms with Gasteiger partial charge in [-0.3, -0.25) is 0 Å². The zero-order valence-electron chi connectivity index (χ0n) is 12.2. The number of halogens is 6. The molecular formula is C14H11Cl6NO3. The predicted molar refractivity (Wildman–Crippen MR) is 101 cm³/mol. The van der Waals surface area contributed by atoms with Gasteiger partial charge in [-0.05, 0) is 12.2 Å². The minimum atomic E-state index is 0.0794. The average Bonchev–Trinajstić information content (AvgIpc) is 2.47. The average molecular weight is 454 g/mol. The Balaban J connectivity index is 2.73. The van der Waals surface area contributed by atoms with E-state index in [9.17, 15) is 0 Å². The lowest BCUT2D eigenvalue weighted by Gasteiger charge is -2.11. The molecule has 0 saturated heterocycles. The highest BCUT2D eigenvalue weighted by Gasteiger charge is 2.12. The van der Waals surface area contributed by atoms with Crippen molar-refractivity contribution in [1.82, 2.24) is 0 Å². The molecule has 0 aliphatic heterocycles. The van der Waals surface area contributed by atoms with Gasteiger partial charge in [0, 0.05) is 19.1 Å². The van der Waals surface area contributed by atoms with Gasteiger partial charge in [0.05, 0.1) is 10.0 Å². The van der Waals surface area contributed by atoms with Crippen LogP contribution in [0.25, 0.3) is 0 Å². The molecule has 0 atom stereocenters. The smallest absolute Gasteiger partial charge is 0.228 e. The third-order valence-electron chi connectivity index (χ3n) is 2.21. The summed E-state index contributed by atoms with van der Waals surface area (Å²) in [4.78, 5) is 4.93. The molecule has 0 unspecified atom stereocenters. The lowest BCUT2D eigenvalue weighted by molar-refractivity contribution is 0.168. The highest BCUT2D eigenvalue weighted by molar-refractivity contribution is 6.56. The van der Waals surface area contributed by atoms with Crippen LogP contribution in [-0.2, 0) is 4.84 Å². The molecule has 0 bridgehead atoms. The number of hydrogen-bond donors (Lipinski definition) is 0. The molecule has 132 valence electrons. The Bertz CT molecular complexity index is 629. The van der Waals surface area contributed by atoms with E-state index in [-0.39, 0.29) is 43.9 Å². The topological polar surface area (TPSA) is 40.0 Å². The summed E-state index contributed by atoms with van der Waals surface area (Å²) in [5.41, 5.74) is 0. The molecule has 1 rings (SSSR count). The third-order valence-corrected chi connectivity index (χ3v) is 3.39. The van der Waals surface area contributed by atoms with E-state index in [1.807, 2.05) is 0 Å². The van der Waals surface area contributed by atoms with E-state index in [2.05, 4.69) is 5.16 Å². The van der Waals surface area contributed by atoms with E-state index in [4.69, 9.17) is 83.9 Å². The maximum atomic E-state index is 6.13. The Morgan fingerprint density at radius 3 is 2.08 bits per heavy atom. The van der Waals surface area contributed by atoms with Gasteiger partial charge in [0.1, 0.15) is 27.9 Å². The molecule has 1 aromatic carbocycles. The number of ether oxygens (including phenoxy) is 2. The molecule has 0 aliphatic carbocycles. The van der Waals surface area contributed by atoms with Crippen molar-refractivity contribution in [3.63, 3.8) is 0 Å². The van der Waals surface area contributed by atoms with Gasteiger partial charge in [-0.1, -0.05) is 74.8 Å². The fourth-order valence-electron chi connectivity index (χ4n) is 1.31. The lowest BCUT2D eigenvalue weighted by atomic mass is 10.3. The molecule has 4 nitrogen and oxygen atoms in total. The van der Waals surface area contributed by atoms with Crippen LogP contribution >= 0.6 is 69.6 Å². The van der Waals surface area contributed by atoms with Gasteiger partial charge in [0.25, 0.3) is 0 Å². The van der Waals surface area contributed by atoms with Gasteiger partial charge in [-0.2, -0.15) is 0 Å². The fourth-order valence-corrected chi connectivity index (χ4v) is 2.11. The summed E-state index contributed by atoms with van der Waals surface area (Å²) >= 11 is 34.1. The molecule has 0 heterocycles. The van der Waals surface area contributed by atoms with E-state index in [0.29, 0.717) is 5.75 Å². The van der Waals surface area contributed by atoms with Gasteiger partial charge in [-0.15, -0.1) is 0 Å². The molecule has 0 amide bonds. The molecule has 0 spiro atoms. The Morgan fingerprint density at radius 2 is 1.54 bits per heavy atom. The second kappa shape index (κ2) is 11.2. The van der Waals surface area contributed by atoms with E-state index >= 15 is 0 Å². The molecule has 24 heavy (non-hydrogen) atoms. The second-order valence-corrected chi connectivity index (χ2v) is 6.85. The normalized spacial score (nSPS) is 10.9. The molecule has 0 aliphatic rings. The Kier molecular flexibility index (Phi) is 10.0. The predicted octanol–water partition coefficient (Wildman–Crippen LogP) is 6.74. The molecule has 0 radical (unpaired) electrons. The zero-order valence-corrected chi connectivity index (χ0v) is 16.7. The van der Waals surface area contributed by atoms with Crippen LogP contribution in [0.15, 0.2) is 38.4 Å². The number of oxime groups is 1. The summed E-state index contributed by atoms with van der Waals surface area (Å²) in [6.45, 7) is 1.82. The third kappa shape index (κ3) is 8.56. The van der Waals surface area contributed by atoms with Crippen molar-refractivity contribution in [2.75, 3.05) is 13.2 Å². The van der Waals surface area contributed by atoms with E-state index in [1.54, 1.807) is 6.92 Å². The van der Waals surface area contributed by atoms with Crippen LogP contribution < -0.4 is 9.47 Å². The first kappa shape index (κ1) is 21.6. The largest absolute Gasteiger partial charge is 0.489 e. The van der Waals surface area contributed by atoms with Crippen molar-refractivity contribution in [3.05, 3.63) is 43.3 Å². The van der Waals surface area contributed by atoms with E-state index < -0.39 is 0 Å². The van der Waals surface area contributed by atoms with Crippen LogP contribution in [0.5, 0.6) is 11.5 Å². The second-order valence-electron chi connectivity index (χ2n) is 4.02. The van der Waals surface area contributed by atoms with Crippen LogP contribution in [0.1, 0.15) is 6.92 Å². The van der Waals surface area contributed by atoms with Gasteiger partial charge < -0.3 is 14.3 Å². The Hall–Kier alpha value is -0.490. The summed E-state index contributed by atoms with van der Waals surface area (Å²) in [5, 5.41) is 4.18. The van der Waals surface area contributed by atoms with Gasteiger partial charge in [0.2, 0.25) is 5.90 Å². The molecule has 0 saturated carbocycles. The summed E-state index contributed by atoms with van der Waals surface area (Å²) in [7, 11) is 0. The number of nitrogens with zero attached hydrogens (tertiary/aromatic N) is 1. The first-order chi connectivity index (χ1) is 11.3. The maximum absolute atomic E-state index is 6.13. The van der Waals surface area contributed by atoms with Crippen LogP contribution in [0, 0.1) is 0 Å². The molecular weight excluding hydrogens is 443 g/mol. The monoisotopic (exact) mass is 451 g/mol.